The number of amides is 3. The Labute approximate surface area is 237 Å². The molecule has 0 spiro atoms. The minimum Gasteiger partial charge on any atom is -0.355 e. The first-order valence-corrected chi connectivity index (χ1v) is 13.6. The zero-order chi connectivity index (χ0) is 29.3. The fraction of sp³-hybridized carbons (Fsp3) is 0.394. The molecule has 0 radical (unpaired) electrons. The van der Waals surface area contributed by atoms with E-state index in [9.17, 15) is 19.2 Å². The van der Waals surface area contributed by atoms with Crippen LogP contribution in [-0.4, -0.2) is 36.7 Å². The van der Waals surface area contributed by atoms with Gasteiger partial charge in [-0.3, -0.25) is 19.2 Å². The van der Waals surface area contributed by atoms with E-state index in [1.165, 1.54) is 0 Å². The van der Waals surface area contributed by atoms with Crippen molar-refractivity contribution in [2.24, 2.45) is 11.8 Å². The first kappa shape index (κ1) is 31.9. The third-order valence-electron chi connectivity index (χ3n) is 6.26. The highest BCUT2D eigenvalue weighted by atomic mass is 16.2. The van der Waals surface area contributed by atoms with E-state index in [1.807, 2.05) is 88.4 Å². The van der Waals surface area contributed by atoms with Crippen molar-refractivity contribution in [1.29, 1.82) is 0 Å². The number of ketones is 1. The summed E-state index contributed by atoms with van der Waals surface area (Å²) in [5.74, 6) is 9.46. The molecule has 2 aromatic rings. The van der Waals surface area contributed by atoms with Crippen molar-refractivity contribution in [3.05, 3.63) is 71.8 Å². The van der Waals surface area contributed by atoms with Gasteiger partial charge in [-0.05, 0) is 34.8 Å². The maximum absolute atomic E-state index is 12.7. The van der Waals surface area contributed by atoms with E-state index < -0.39 is 0 Å². The zero-order valence-electron chi connectivity index (χ0n) is 23.8. The molecular formula is C33H39N3O4. The number of benzene rings is 2. The first-order chi connectivity index (χ1) is 19.2. The van der Waals surface area contributed by atoms with Gasteiger partial charge >= 0.3 is 0 Å². The lowest BCUT2D eigenvalue weighted by molar-refractivity contribution is -0.125. The van der Waals surface area contributed by atoms with Gasteiger partial charge in [0.25, 0.3) is 0 Å². The van der Waals surface area contributed by atoms with Crippen LogP contribution in [0.5, 0.6) is 0 Å². The minimum absolute atomic E-state index is 0.00696. The predicted octanol–water partition coefficient (Wildman–Crippen LogP) is 3.92. The van der Waals surface area contributed by atoms with Crippen LogP contribution in [0.15, 0.2) is 60.7 Å². The molecule has 0 unspecified atom stereocenters. The Morgan fingerprint density at radius 1 is 0.650 bits per heavy atom. The fourth-order valence-corrected chi connectivity index (χ4v) is 4.39. The highest BCUT2D eigenvalue weighted by molar-refractivity contribution is 5.87. The zero-order valence-corrected chi connectivity index (χ0v) is 23.8. The van der Waals surface area contributed by atoms with Crippen molar-refractivity contribution in [3.8, 4) is 23.7 Å². The molecule has 0 heterocycles. The summed E-state index contributed by atoms with van der Waals surface area (Å²) in [4.78, 5) is 49.3. The Morgan fingerprint density at radius 3 is 1.62 bits per heavy atom. The van der Waals surface area contributed by atoms with Crippen molar-refractivity contribution >= 4 is 23.5 Å². The number of hydrogen-bond donors (Lipinski definition) is 3. The summed E-state index contributed by atoms with van der Waals surface area (Å²) in [5.41, 5.74) is 1.91. The van der Waals surface area contributed by atoms with Gasteiger partial charge in [0.1, 0.15) is 5.78 Å². The Bertz CT molecular complexity index is 1150. The van der Waals surface area contributed by atoms with Crippen molar-refractivity contribution in [2.45, 2.75) is 58.8 Å². The summed E-state index contributed by atoms with van der Waals surface area (Å²) < 4.78 is 0. The van der Waals surface area contributed by atoms with E-state index in [0.717, 1.165) is 11.1 Å². The van der Waals surface area contributed by atoms with E-state index >= 15 is 0 Å². The van der Waals surface area contributed by atoms with Crippen LogP contribution < -0.4 is 16.0 Å². The Hall–Kier alpha value is -4.36. The van der Waals surface area contributed by atoms with E-state index in [4.69, 9.17) is 0 Å². The summed E-state index contributed by atoms with van der Waals surface area (Å²) in [6.07, 6.45) is 0.117. The van der Waals surface area contributed by atoms with Gasteiger partial charge in [-0.25, -0.2) is 0 Å². The number of hydrogen-bond acceptors (Lipinski definition) is 4. The lowest BCUT2D eigenvalue weighted by atomic mass is 9.84. The average molecular weight is 542 g/mol. The fourth-order valence-electron chi connectivity index (χ4n) is 4.39. The second-order valence-electron chi connectivity index (χ2n) is 10.1. The lowest BCUT2D eigenvalue weighted by Gasteiger charge is -2.20. The molecule has 0 bridgehead atoms. The Kier molecular flexibility index (Phi) is 13.8. The highest BCUT2D eigenvalue weighted by Crippen LogP contribution is 2.26. The van der Waals surface area contributed by atoms with E-state index in [0.29, 0.717) is 0 Å². The van der Waals surface area contributed by atoms with Crippen LogP contribution in [0.4, 0.5) is 0 Å². The summed E-state index contributed by atoms with van der Waals surface area (Å²) >= 11 is 0. The van der Waals surface area contributed by atoms with Gasteiger partial charge in [0.05, 0.1) is 25.4 Å². The standard InChI is InChI=1S/C33H39N3O4/c1-24(2)31(26-15-9-7-10-16-26)28(37)21-22-34-29(38)19-13-5-6-14-20-30(39)35-23-36-33(40)32(25(3)4)27-17-11-8-12-18-27/h7-12,15-18,24-25,31-32H,19-23H2,1-4H3,(H,34,38)(H,35,39)(H,36,40)/t31-,32+/m1/s1. The van der Waals surface area contributed by atoms with Gasteiger partial charge in [-0.2, -0.15) is 0 Å². The molecule has 2 rings (SSSR count). The Morgan fingerprint density at radius 2 is 1.12 bits per heavy atom. The predicted molar refractivity (Wildman–Crippen MR) is 157 cm³/mol. The van der Waals surface area contributed by atoms with Crippen LogP contribution in [-0.2, 0) is 19.2 Å². The molecule has 0 aliphatic heterocycles. The van der Waals surface area contributed by atoms with Crippen molar-refractivity contribution in [2.75, 3.05) is 13.2 Å². The lowest BCUT2D eigenvalue weighted by Crippen LogP contribution is -2.40. The molecule has 3 N–H and O–H groups in total. The highest BCUT2D eigenvalue weighted by Gasteiger charge is 2.24. The minimum atomic E-state index is -0.340. The normalized spacial score (nSPS) is 11.8. The topological polar surface area (TPSA) is 104 Å². The van der Waals surface area contributed by atoms with Crippen LogP contribution in [0.3, 0.4) is 0 Å². The molecule has 2 aromatic carbocycles. The molecule has 0 aliphatic rings. The molecule has 0 aliphatic carbocycles. The maximum atomic E-state index is 12.7. The molecule has 3 amide bonds. The number of carbonyl (C=O) groups excluding carboxylic acids is 4. The molecule has 0 fully saturated rings. The third kappa shape index (κ3) is 11.2. The molecule has 0 aromatic heterocycles. The van der Waals surface area contributed by atoms with Crippen molar-refractivity contribution < 1.29 is 19.2 Å². The van der Waals surface area contributed by atoms with Gasteiger partial charge in [0.15, 0.2) is 0 Å². The summed E-state index contributed by atoms with van der Waals surface area (Å²) in [7, 11) is 0. The monoisotopic (exact) mass is 541 g/mol. The number of carbonyl (C=O) groups is 4. The molecular weight excluding hydrogens is 502 g/mol. The van der Waals surface area contributed by atoms with Crippen molar-refractivity contribution in [1.82, 2.24) is 16.0 Å². The van der Waals surface area contributed by atoms with Gasteiger partial charge < -0.3 is 16.0 Å². The van der Waals surface area contributed by atoms with Crippen LogP contribution in [0.1, 0.15) is 69.9 Å². The maximum Gasteiger partial charge on any atom is 0.233 e. The molecule has 0 saturated heterocycles. The molecule has 210 valence electrons. The van der Waals surface area contributed by atoms with Gasteiger partial charge in [-0.15, -0.1) is 0 Å². The second kappa shape index (κ2) is 17.3. The quantitative estimate of drug-likeness (QED) is 0.264. The summed E-state index contributed by atoms with van der Waals surface area (Å²) in [6, 6.07) is 19.2. The smallest absolute Gasteiger partial charge is 0.233 e. The first-order valence-electron chi connectivity index (χ1n) is 13.6. The summed E-state index contributed by atoms with van der Waals surface area (Å²) in [5, 5.41) is 8.08. The average Bonchev–Trinajstić information content (AvgIpc) is 2.91. The van der Waals surface area contributed by atoms with Gasteiger partial charge in [0, 0.05) is 18.9 Å². The Balaban J connectivity index is 1.66. The molecule has 40 heavy (non-hydrogen) atoms. The molecule has 2 atom stereocenters. The van der Waals surface area contributed by atoms with Crippen molar-refractivity contribution in [3.63, 3.8) is 0 Å². The van der Waals surface area contributed by atoms with Crippen LogP contribution in [0, 0.1) is 35.5 Å². The van der Waals surface area contributed by atoms with Gasteiger partial charge in [-0.1, -0.05) is 100 Å². The van der Waals surface area contributed by atoms with Crippen LogP contribution >= 0.6 is 0 Å². The molecule has 7 heteroatoms. The summed E-state index contributed by atoms with van der Waals surface area (Å²) in [6.45, 7) is 8.25. The number of nitrogens with one attached hydrogen (secondary N) is 3. The second-order valence-corrected chi connectivity index (χ2v) is 10.1. The largest absolute Gasteiger partial charge is 0.355 e. The molecule has 0 saturated carbocycles. The third-order valence-corrected chi connectivity index (χ3v) is 6.26. The van der Waals surface area contributed by atoms with E-state index in [1.54, 1.807) is 0 Å². The van der Waals surface area contributed by atoms with Crippen LogP contribution in [0.2, 0.25) is 0 Å². The SMILES string of the molecule is CC(C)[C@H](C(=O)NCNC(=O)CC#CC#CCC(=O)NCCC(=O)[C@@H](c1ccccc1)C(C)C)c1ccccc1. The molecule has 7 nitrogen and oxygen atoms in total. The van der Waals surface area contributed by atoms with E-state index in [-0.39, 0.29) is 79.7 Å². The number of rotatable bonds is 13. The van der Waals surface area contributed by atoms with E-state index in [2.05, 4.69) is 39.6 Å². The van der Waals surface area contributed by atoms with Gasteiger partial charge in [0.2, 0.25) is 17.7 Å². The number of Topliss-reactive ketones (excluding diaryl/α,β-unsaturated/α-hetero) is 1. The van der Waals surface area contributed by atoms with Crippen LogP contribution in [0.25, 0.3) is 0 Å².